The molecule has 0 amide bonds. The van der Waals surface area contributed by atoms with Gasteiger partial charge in [0.1, 0.15) is 16.9 Å². The molecule has 3 nitrogen and oxygen atoms in total. The van der Waals surface area contributed by atoms with E-state index >= 15 is 0 Å². The predicted octanol–water partition coefficient (Wildman–Crippen LogP) is 3.21. The van der Waals surface area contributed by atoms with Crippen molar-refractivity contribution in [3.63, 3.8) is 0 Å². The number of hydrogen-bond donors (Lipinski definition) is 1. The van der Waals surface area contributed by atoms with E-state index in [4.69, 9.17) is 9.15 Å². The second kappa shape index (κ2) is 4.41. The molecule has 1 aliphatic heterocycles. The normalized spacial score (nSPS) is 28.7. The van der Waals surface area contributed by atoms with E-state index in [0.29, 0.717) is 25.2 Å². The summed E-state index contributed by atoms with van der Waals surface area (Å²) in [5.74, 6) is 0.672. The molecule has 18 heavy (non-hydrogen) atoms. The van der Waals surface area contributed by atoms with E-state index in [2.05, 4.69) is 6.92 Å². The Balaban J connectivity index is 1.96. The van der Waals surface area contributed by atoms with Crippen molar-refractivity contribution in [2.24, 2.45) is 0 Å². The van der Waals surface area contributed by atoms with Crippen LogP contribution in [0.2, 0.25) is 0 Å². The highest BCUT2D eigenvalue weighted by Gasteiger charge is 2.38. The molecule has 0 radical (unpaired) electrons. The summed E-state index contributed by atoms with van der Waals surface area (Å²) in [5.41, 5.74) is -0.0433. The summed E-state index contributed by atoms with van der Waals surface area (Å²) in [6.45, 7) is 2.67. The maximum atomic E-state index is 10.8. The summed E-state index contributed by atoms with van der Waals surface area (Å²) >= 11 is 0. The Labute approximate surface area is 106 Å². The third-order valence-electron chi connectivity index (χ3n) is 3.77. The first-order valence-electron chi connectivity index (χ1n) is 6.54. The molecule has 1 fully saturated rings. The maximum Gasteiger partial charge on any atom is 0.137 e. The Bertz CT molecular complexity index is 512. The molecule has 0 bridgehead atoms. The standard InChI is InChI=1S/C15H18O3/c1-2-12-10-15(16,7-8-17-12)14-9-11-5-3-4-6-13(11)18-14/h3-6,9,12,16H,2,7-8,10H2,1H3. The van der Waals surface area contributed by atoms with E-state index in [1.54, 1.807) is 0 Å². The van der Waals surface area contributed by atoms with Crippen LogP contribution < -0.4 is 0 Å². The van der Waals surface area contributed by atoms with Gasteiger partial charge in [-0.2, -0.15) is 0 Å². The van der Waals surface area contributed by atoms with Crippen molar-refractivity contribution < 1.29 is 14.3 Å². The first-order chi connectivity index (χ1) is 8.71. The average Bonchev–Trinajstić information content (AvgIpc) is 2.83. The molecule has 1 aromatic carbocycles. The van der Waals surface area contributed by atoms with E-state index in [0.717, 1.165) is 17.4 Å². The van der Waals surface area contributed by atoms with E-state index < -0.39 is 5.60 Å². The van der Waals surface area contributed by atoms with E-state index in [-0.39, 0.29) is 6.10 Å². The second-order valence-corrected chi connectivity index (χ2v) is 5.04. The number of rotatable bonds is 2. The molecule has 1 N–H and O–H groups in total. The second-order valence-electron chi connectivity index (χ2n) is 5.04. The van der Waals surface area contributed by atoms with Crippen LogP contribution in [0.1, 0.15) is 31.9 Å². The van der Waals surface area contributed by atoms with Crippen molar-refractivity contribution in [3.8, 4) is 0 Å². The van der Waals surface area contributed by atoms with Crippen LogP contribution in [-0.4, -0.2) is 17.8 Å². The topological polar surface area (TPSA) is 42.6 Å². The lowest BCUT2D eigenvalue weighted by atomic mass is 9.87. The number of hydrogen-bond acceptors (Lipinski definition) is 3. The summed E-state index contributed by atoms with van der Waals surface area (Å²) in [4.78, 5) is 0. The molecule has 0 spiro atoms. The van der Waals surface area contributed by atoms with Crippen LogP contribution in [0.15, 0.2) is 34.7 Å². The third-order valence-corrected chi connectivity index (χ3v) is 3.77. The zero-order valence-corrected chi connectivity index (χ0v) is 10.6. The predicted molar refractivity (Wildman–Crippen MR) is 69.4 cm³/mol. The van der Waals surface area contributed by atoms with Gasteiger partial charge in [0, 0.05) is 18.2 Å². The van der Waals surface area contributed by atoms with Crippen molar-refractivity contribution in [2.45, 2.75) is 37.9 Å². The molecular formula is C15H18O3. The highest BCUT2D eigenvalue weighted by Crippen LogP contribution is 2.38. The zero-order valence-electron chi connectivity index (χ0n) is 10.6. The van der Waals surface area contributed by atoms with Gasteiger partial charge in [-0.3, -0.25) is 0 Å². The van der Waals surface area contributed by atoms with Gasteiger partial charge in [0.15, 0.2) is 0 Å². The van der Waals surface area contributed by atoms with Crippen LogP contribution in [-0.2, 0) is 10.3 Å². The molecule has 1 saturated heterocycles. The summed E-state index contributed by atoms with van der Waals surface area (Å²) in [6, 6.07) is 9.80. The van der Waals surface area contributed by atoms with E-state index in [9.17, 15) is 5.11 Å². The number of ether oxygens (including phenoxy) is 1. The zero-order chi connectivity index (χ0) is 12.6. The fourth-order valence-electron chi connectivity index (χ4n) is 2.63. The van der Waals surface area contributed by atoms with Gasteiger partial charge in [-0.05, 0) is 18.6 Å². The van der Waals surface area contributed by atoms with Crippen LogP contribution in [0.5, 0.6) is 0 Å². The van der Waals surface area contributed by atoms with Crippen molar-refractivity contribution >= 4 is 11.0 Å². The molecule has 3 rings (SSSR count). The summed E-state index contributed by atoms with van der Waals surface area (Å²) in [7, 11) is 0. The van der Waals surface area contributed by atoms with Crippen LogP contribution in [0.3, 0.4) is 0 Å². The monoisotopic (exact) mass is 246 g/mol. The van der Waals surface area contributed by atoms with Gasteiger partial charge >= 0.3 is 0 Å². The lowest BCUT2D eigenvalue weighted by Crippen LogP contribution is -2.38. The number of para-hydroxylation sites is 1. The largest absolute Gasteiger partial charge is 0.458 e. The van der Waals surface area contributed by atoms with Crippen LogP contribution in [0.4, 0.5) is 0 Å². The van der Waals surface area contributed by atoms with Gasteiger partial charge in [-0.25, -0.2) is 0 Å². The van der Waals surface area contributed by atoms with Crippen molar-refractivity contribution in [2.75, 3.05) is 6.61 Å². The lowest BCUT2D eigenvalue weighted by molar-refractivity contribution is -0.117. The Morgan fingerprint density at radius 1 is 1.39 bits per heavy atom. The van der Waals surface area contributed by atoms with Gasteiger partial charge in [-0.1, -0.05) is 25.1 Å². The quantitative estimate of drug-likeness (QED) is 0.884. The van der Waals surface area contributed by atoms with Crippen molar-refractivity contribution in [1.82, 2.24) is 0 Å². The lowest BCUT2D eigenvalue weighted by Gasteiger charge is -2.35. The van der Waals surface area contributed by atoms with Gasteiger partial charge in [-0.15, -0.1) is 0 Å². The summed E-state index contributed by atoms with van der Waals surface area (Å²) < 4.78 is 11.4. The van der Waals surface area contributed by atoms with Crippen LogP contribution in [0.25, 0.3) is 11.0 Å². The number of benzene rings is 1. The Morgan fingerprint density at radius 2 is 2.22 bits per heavy atom. The molecule has 2 heterocycles. The first-order valence-corrected chi connectivity index (χ1v) is 6.54. The fraction of sp³-hybridized carbons (Fsp3) is 0.467. The van der Waals surface area contributed by atoms with Gasteiger partial charge in [0.25, 0.3) is 0 Å². The highest BCUT2D eigenvalue weighted by molar-refractivity contribution is 5.77. The Hall–Kier alpha value is -1.32. The smallest absolute Gasteiger partial charge is 0.137 e. The fourth-order valence-corrected chi connectivity index (χ4v) is 2.63. The van der Waals surface area contributed by atoms with Gasteiger partial charge in [0.2, 0.25) is 0 Å². The van der Waals surface area contributed by atoms with E-state index in [1.807, 2.05) is 30.3 Å². The Kier molecular flexibility index (Phi) is 2.88. The molecule has 1 aliphatic rings. The third kappa shape index (κ3) is 1.93. The molecule has 3 heteroatoms. The molecule has 2 aromatic rings. The van der Waals surface area contributed by atoms with Crippen LogP contribution in [0, 0.1) is 0 Å². The average molecular weight is 246 g/mol. The maximum absolute atomic E-state index is 10.8. The summed E-state index contributed by atoms with van der Waals surface area (Å²) in [5, 5.41) is 11.8. The number of aliphatic hydroxyl groups is 1. The molecule has 2 unspecified atom stereocenters. The number of furan rings is 1. The minimum absolute atomic E-state index is 0.122. The molecule has 96 valence electrons. The molecular weight excluding hydrogens is 228 g/mol. The summed E-state index contributed by atoms with van der Waals surface area (Å²) in [6.07, 6.45) is 2.26. The van der Waals surface area contributed by atoms with Crippen molar-refractivity contribution in [3.05, 3.63) is 36.1 Å². The van der Waals surface area contributed by atoms with Crippen molar-refractivity contribution in [1.29, 1.82) is 0 Å². The molecule has 2 atom stereocenters. The molecule has 1 aromatic heterocycles. The van der Waals surface area contributed by atoms with E-state index in [1.165, 1.54) is 0 Å². The minimum Gasteiger partial charge on any atom is -0.458 e. The minimum atomic E-state index is -0.877. The number of fused-ring (bicyclic) bond motifs is 1. The first kappa shape index (κ1) is 11.8. The molecule has 0 saturated carbocycles. The van der Waals surface area contributed by atoms with Gasteiger partial charge in [0.05, 0.1) is 12.7 Å². The van der Waals surface area contributed by atoms with Crippen LogP contribution >= 0.6 is 0 Å². The highest BCUT2D eigenvalue weighted by atomic mass is 16.5. The van der Waals surface area contributed by atoms with Gasteiger partial charge < -0.3 is 14.3 Å². The SMILES string of the molecule is CCC1CC(O)(c2cc3ccccc3o2)CCO1. The molecule has 0 aliphatic carbocycles. The Morgan fingerprint density at radius 3 is 3.00 bits per heavy atom.